The van der Waals surface area contributed by atoms with Crippen LogP contribution in [0.2, 0.25) is 0 Å². The Morgan fingerprint density at radius 3 is 2.37 bits per heavy atom. The molecule has 0 bridgehead atoms. The summed E-state index contributed by atoms with van der Waals surface area (Å²) in [4.78, 5) is 28.4. The summed E-state index contributed by atoms with van der Waals surface area (Å²) in [6, 6.07) is 11.0. The maximum absolute atomic E-state index is 15.1. The lowest BCUT2D eigenvalue weighted by Crippen LogP contribution is -2.46. The van der Waals surface area contributed by atoms with Crippen LogP contribution in [-0.4, -0.2) is 52.9 Å². The van der Waals surface area contributed by atoms with E-state index in [2.05, 4.69) is 28.7 Å². The van der Waals surface area contributed by atoms with Gasteiger partial charge in [-0.2, -0.15) is 5.10 Å². The van der Waals surface area contributed by atoms with Crippen molar-refractivity contribution < 1.29 is 14.3 Å². The first-order valence-corrected chi connectivity index (χ1v) is 12.9. The molecule has 0 aliphatic carbocycles. The van der Waals surface area contributed by atoms with Gasteiger partial charge in [0.2, 0.25) is 5.43 Å². The van der Waals surface area contributed by atoms with Crippen LogP contribution in [0, 0.1) is 5.82 Å². The molecule has 1 aliphatic rings. The van der Waals surface area contributed by atoms with Crippen molar-refractivity contribution in [2.24, 2.45) is 5.10 Å². The first kappa shape index (κ1) is 28.6. The zero-order chi connectivity index (χ0) is 27.8. The fourth-order valence-electron chi connectivity index (χ4n) is 4.56. The number of fused-ring (bicyclic) bond motifs is 1. The molecule has 202 valence electrons. The lowest BCUT2D eigenvalue weighted by Gasteiger charge is -2.36. The van der Waals surface area contributed by atoms with Crippen LogP contribution >= 0.6 is 0 Å². The van der Waals surface area contributed by atoms with Gasteiger partial charge in [0.15, 0.2) is 0 Å². The van der Waals surface area contributed by atoms with Crippen molar-refractivity contribution in [1.82, 2.24) is 9.47 Å². The zero-order valence-electron chi connectivity index (χ0n) is 22.5. The molecule has 0 atom stereocenters. The number of anilines is 2. The summed E-state index contributed by atoms with van der Waals surface area (Å²) in [6.45, 7) is 15.5. The van der Waals surface area contributed by atoms with Crippen LogP contribution < -0.4 is 15.3 Å². The number of carbonyl (C=O) groups is 1. The predicted octanol–water partition coefficient (Wildman–Crippen LogP) is 5.16. The molecule has 1 aliphatic heterocycles. The molecule has 0 spiro atoms. The summed E-state index contributed by atoms with van der Waals surface area (Å²) in [5.41, 5.74) is 2.05. The fraction of sp³-hybridized carbons (Fsp3) is 0.345. The standard InChI is InChI=1S/C27H30FN5O3.C2H6/c1-4-29-33(6-3)20-9-7-19(8-10-20)17-30-11-13-32(14-12-30)25-16-24-21(15-23(25)28)26(34)22(27(35)36)18-31(24)5-2;1-2/h4,6-10,15-16,18H,3,5,11-14,17H2,1-2H3,(H,35,36);1-2H3/b29-4-;. The first-order valence-electron chi connectivity index (χ1n) is 12.9. The van der Waals surface area contributed by atoms with Gasteiger partial charge in [0.1, 0.15) is 11.4 Å². The number of aromatic nitrogens is 1. The van der Waals surface area contributed by atoms with Crippen LogP contribution in [0.25, 0.3) is 10.9 Å². The molecular weight excluding hydrogens is 485 g/mol. The van der Waals surface area contributed by atoms with Crippen molar-refractivity contribution in [3.8, 4) is 0 Å². The molecule has 1 N–H and O–H groups in total. The number of benzene rings is 2. The molecule has 8 nitrogen and oxygen atoms in total. The van der Waals surface area contributed by atoms with Gasteiger partial charge in [0.05, 0.1) is 16.9 Å². The Morgan fingerprint density at radius 2 is 1.82 bits per heavy atom. The van der Waals surface area contributed by atoms with Crippen molar-refractivity contribution >= 4 is 34.5 Å². The Kier molecular flexibility index (Phi) is 9.78. The van der Waals surface area contributed by atoms with E-state index in [1.807, 2.05) is 44.7 Å². The molecule has 2 aromatic carbocycles. The van der Waals surface area contributed by atoms with Gasteiger partial charge in [-0.1, -0.05) is 32.6 Å². The number of piperazine rings is 1. The summed E-state index contributed by atoms with van der Waals surface area (Å²) in [6.07, 6.45) is 4.70. The number of aryl methyl sites for hydroxylation is 1. The topological polar surface area (TPSA) is 81.4 Å². The Bertz CT molecular complexity index is 1360. The second kappa shape index (κ2) is 13.0. The molecule has 1 saturated heterocycles. The molecule has 3 aromatic rings. The minimum atomic E-state index is -1.31. The number of hydrogen-bond donors (Lipinski definition) is 1. The van der Waals surface area contributed by atoms with Crippen molar-refractivity contribution in [2.75, 3.05) is 36.1 Å². The molecule has 38 heavy (non-hydrogen) atoms. The van der Waals surface area contributed by atoms with Gasteiger partial charge < -0.3 is 14.6 Å². The van der Waals surface area contributed by atoms with Crippen LogP contribution in [0.5, 0.6) is 0 Å². The molecule has 2 heterocycles. The number of hydrogen-bond acceptors (Lipinski definition) is 6. The summed E-state index contributed by atoms with van der Waals surface area (Å²) in [5, 5.41) is 15.4. The predicted molar refractivity (Wildman–Crippen MR) is 153 cm³/mol. The smallest absolute Gasteiger partial charge is 0.341 e. The highest BCUT2D eigenvalue weighted by atomic mass is 19.1. The average Bonchev–Trinajstić information content (AvgIpc) is 2.94. The highest BCUT2D eigenvalue weighted by molar-refractivity contribution is 5.93. The molecule has 4 rings (SSSR count). The number of halogens is 1. The van der Waals surface area contributed by atoms with Crippen LogP contribution in [0.4, 0.5) is 15.8 Å². The van der Waals surface area contributed by atoms with Gasteiger partial charge in [-0.05, 0) is 43.7 Å². The molecular formula is C29H36FN5O3. The van der Waals surface area contributed by atoms with Gasteiger partial charge in [0, 0.05) is 63.3 Å². The third-order valence-corrected chi connectivity index (χ3v) is 6.45. The van der Waals surface area contributed by atoms with E-state index in [1.54, 1.807) is 28.1 Å². The van der Waals surface area contributed by atoms with E-state index in [4.69, 9.17) is 0 Å². The number of carboxylic acid groups (broad SMARTS) is 1. The Balaban J connectivity index is 0.00000195. The van der Waals surface area contributed by atoms with E-state index in [1.165, 1.54) is 17.8 Å². The quantitative estimate of drug-likeness (QED) is 0.326. The van der Waals surface area contributed by atoms with Crippen molar-refractivity contribution in [3.05, 3.63) is 82.5 Å². The Labute approximate surface area is 222 Å². The molecule has 9 heteroatoms. The molecule has 0 amide bonds. The lowest BCUT2D eigenvalue weighted by atomic mass is 10.1. The lowest BCUT2D eigenvalue weighted by molar-refractivity contribution is 0.0695. The largest absolute Gasteiger partial charge is 0.477 e. The van der Waals surface area contributed by atoms with E-state index in [0.29, 0.717) is 30.8 Å². The second-order valence-corrected chi connectivity index (χ2v) is 8.61. The number of hydrazone groups is 1. The minimum absolute atomic E-state index is 0.0831. The summed E-state index contributed by atoms with van der Waals surface area (Å²) >= 11 is 0. The first-order chi connectivity index (χ1) is 18.4. The van der Waals surface area contributed by atoms with Crippen LogP contribution in [0.1, 0.15) is 43.6 Å². The minimum Gasteiger partial charge on any atom is -0.477 e. The monoisotopic (exact) mass is 521 g/mol. The molecule has 0 radical (unpaired) electrons. The average molecular weight is 522 g/mol. The zero-order valence-corrected chi connectivity index (χ0v) is 22.5. The molecule has 0 unspecified atom stereocenters. The fourth-order valence-corrected chi connectivity index (χ4v) is 4.56. The van der Waals surface area contributed by atoms with Gasteiger partial charge in [-0.3, -0.25) is 9.69 Å². The number of rotatable bonds is 8. The maximum atomic E-state index is 15.1. The van der Waals surface area contributed by atoms with Gasteiger partial charge >= 0.3 is 5.97 Å². The highest BCUT2D eigenvalue weighted by Crippen LogP contribution is 2.27. The number of nitrogens with zero attached hydrogens (tertiary/aromatic N) is 5. The SMILES string of the molecule is C=CN(/N=C\C)c1ccc(CN2CCN(c3cc4c(cc3F)c(=O)c(C(=O)O)cn4CC)CC2)cc1.CC. The van der Waals surface area contributed by atoms with Crippen molar-refractivity contribution in [1.29, 1.82) is 0 Å². The summed E-state index contributed by atoms with van der Waals surface area (Å²) in [7, 11) is 0. The molecule has 0 saturated carbocycles. The van der Waals surface area contributed by atoms with Gasteiger partial charge in [-0.15, -0.1) is 0 Å². The number of aromatic carboxylic acids is 1. The number of carboxylic acids is 1. The van der Waals surface area contributed by atoms with Crippen LogP contribution in [0.3, 0.4) is 0 Å². The maximum Gasteiger partial charge on any atom is 0.341 e. The Hall–Kier alpha value is -3.98. The summed E-state index contributed by atoms with van der Waals surface area (Å²) in [5.74, 6) is -1.83. The van der Waals surface area contributed by atoms with E-state index in [0.717, 1.165) is 25.3 Å². The van der Waals surface area contributed by atoms with E-state index in [-0.39, 0.29) is 10.9 Å². The second-order valence-electron chi connectivity index (χ2n) is 8.61. The number of pyridine rings is 1. The third kappa shape index (κ3) is 6.11. The third-order valence-electron chi connectivity index (χ3n) is 6.45. The molecule has 1 aromatic heterocycles. The molecule has 1 fully saturated rings. The van der Waals surface area contributed by atoms with Crippen molar-refractivity contribution in [2.45, 2.75) is 40.8 Å². The van der Waals surface area contributed by atoms with E-state index < -0.39 is 17.2 Å². The highest BCUT2D eigenvalue weighted by Gasteiger charge is 2.22. The van der Waals surface area contributed by atoms with Crippen LogP contribution in [0.15, 0.2) is 65.3 Å². The van der Waals surface area contributed by atoms with Crippen LogP contribution in [-0.2, 0) is 13.1 Å². The Morgan fingerprint density at radius 1 is 1.16 bits per heavy atom. The van der Waals surface area contributed by atoms with Crippen molar-refractivity contribution in [3.63, 3.8) is 0 Å². The van der Waals surface area contributed by atoms with Gasteiger partial charge in [0.25, 0.3) is 0 Å². The van der Waals surface area contributed by atoms with E-state index in [9.17, 15) is 14.7 Å². The van der Waals surface area contributed by atoms with Gasteiger partial charge in [-0.25, -0.2) is 14.2 Å². The van der Waals surface area contributed by atoms with E-state index >= 15 is 4.39 Å². The summed E-state index contributed by atoms with van der Waals surface area (Å²) < 4.78 is 16.8. The normalized spacial score (nSPS) is 13.9.